The molecule has 1 heterocycles. The molecular formula is C13H15NO3. The van der Waals surface area contributed by atoms with Crippen LogP contribution < -0.4 is 14.8 Å². The summed E-state index contributed by atoms with van der Waals surface area (Å²) in [4.78, 5) is 11.7. The zero-order chi connectivity index (χ0) is 11.8. The van der Waals surface area contributed by atoms with Gasteiger partial charge in [0.1, 0.15) is 13.2 Å². The highest BCUT2D eigenvalue weighted by Gasteiger charge is 2.30. The van der Waals surface area contributed by atoms with Crippen LogP contribution in [-0.4, -0.2) is 19.1 Å². The van der Waals surface area contributed by atoms with Crippen molar-refractivity contribution in [3.63, 3.8) is 0 Å². The van der Waals surface area contributed by atoms with E-state index in [9.17, 15) is 4.79 Å². The van der Waals surface area contributed by atoms with Gasteiger partial charge in [0.25, 0.3) is 0 Å². The topological polar surface area (TPSA) is 47.6 Å². The van der Waals surface area contributed by atoms with Gasteiger partial charge in [0.05, 0.1) is 0 Å². The Hall–Kier alpha value is -1.71. The van der Waals surface area contributed by atoms with Crippen molar-refractivity contribution in [1.29, 1.82) is 0 Å². The third-order valence-corrected chi connectivity index (χ3v) is 3.10. The van der Waals surface area contributed by atoms with Crippen LogP contribution in [0.4, 0.5) is 5.69 Å². The lowest BCUT2D eigenvalue weighted by Gasteiger charge is -2.20. The van der Waals surface area contributed by atoms with Crippen LogP contribution in [0.5, 0.6) is 11.5 Å². The smallest absolute Gasteiger partial charge is 0.227 e. The first-order valence-electron chi connectivity index (χ1n) is 5.95. The number of anilines is 1. The second-order valence-electron chi connectivity index (χ2n) is 4.57. The van der Waals surface area contributed by atoms with Gasteiger partial charge in [-0.15, -0.1) is 0 Å². The normalized spacial score (nSPS) is 17.7. The van der Waals surface area contributed by atoms with Gasteiger partial charge in [0.15, 0.2) is 11.5 Å². The summed E-state index contributed by atoms with van der Waals surface area (Å²) in [6.07, 6.45) is 2.02. The first-order chi connectivity index (χ1) is 8.24. The third-order valence-electron chi connectivity index (χ3n) is 3.10. The standard InChI is InChI=1S/C13H15NO3/c1-8-6-11-12(17-5-4-16-11)7-10(8)14-13(15)9-2-3-9/h6-7,9H,2-5H2,1H3,(H,14,15). The van der Waals surface area contributed by atoms with Crippen molar-refractivity contribution in [1.82, 2.24) is 0 Å². The highest BCUT2D eigenvalue weighted by molar-refractivity contribution is 5.95. The summed E-state index contributed by atoms with van der Waals surface area (Å²) in [5.41, 5.74) is 1.83. The number of nitrogens with one attached hydrogen (secondary N) is 1. The fourth-order valence-corrected chi connectivity index (χ4v) is 1.91. The first kappa shape index (κ1) is 10.4. The Balaban J connectivity index is 1.85. The van der Waals surface area contributed by atoms with E-state index in [0.717, 1.165) is 29.8 Å². The van der Waals surface area contributed by atoms with Gasteiger partial charge in [-0.2, -0.15) is 0 Å². The average Bonchev–Trinajstić information content (AvgIpc) is 3.14. The van der Waals surface area contributed by atoms with Gasteiger partial charge in [-0.3, -0.25) is 4.79 Å². The summed E-state index contributed by atoms with van der Waals surface area (Å²) in [7, 11) is 0. The van der Waals surface area contributed by atoms with Gasteiger partial charge < -0.3 is 14.8 Å². The lowest BCUT2D eigenvalue weighted by Crippen LogP contribution is -2.17. The molecule has 0 atom stereocenters. The molecule has 1 aliphatic carbocycles. The molecule has 1 aliphatic heterocycles. The van der Waals surface area contributed by atoms with E-state index in [1.54, 1.807) is 0 Å². The molecule has 3 rings (SSSR count). The number of fused-ring (bicyclic) bond motifs is 1. The van der Waals surface area contributed by atoms with E-state index < -0.39 is 0 Å². The zero-order valence-corrected chi connectivity index (χ0v) is 9.79. The van der Waals surface area contributed by atoms with Crippen LogP contribution in [0.3, 0.4) is 0 Å². The first-order valence-corrected chi connectivity index (χ1v) is 5.95. The molecule has 90 valence electrons. The van der Waals surface area contributed by atoms with E-state index >= 15 is 0 Å². The number of ether oxygens (including phenoxy) is 2. The van der Waals surface area contributed by atoms with E-state index in [0.29, 0.717) is 19.0 Å². The number of hydrogen-bond acceptors (Lipinski definition) is 3. The summed E-state index contributed by atoms with van der Waals surface area (Å²) in [5, 5.41) is 2.95. The predicted octanol–water partition coefficient (Wildman–Crippen LogP) is 2.11. The Morgan fingerprint density at radius 1 is 1.24 bits per heavy atom. The monoisotopic (exact) mass is 233 g/mol. The predicted molar refractivity (Wildman–Crippen MR) is 63.5 cm³/mol. The van der Waals surface area contributed by atoms with E-state index in [4.69, 9.17) is 9.47 Å². The minimum Gasteiger partial charge on any atom is -0.486 e. The van der Waals surface area contributed by atoms with Gasteiger partial charge >= 0.3 is 0 Å². The van der Waals surface area contributed by atoms with E-state index in [1.807, 2.05) is 19.1 Å². The Labute approximate surface area is 99.9 Å². The van der Waals surface area contributed by atoms with Crippen molar-refractivity contribution in [2.45, 2.75) is 19.8 Å². The number of carbonyl (C=O) groups is 1. The molecule has 1 saturated carbocycles. The van der Waals surface area contributed by atoms with Crippen molar-refractivity contribution in [2.75, 3.05) is 18.5 Å². The molecular weight excluding hydrogens is 218 g/mol. The molecule has 4 nitrogen and oxygen atoms in total. The van der Waals surface area contributed by atoms with Crippen molar-refractivity contribution in [2.24, 2.45) is 5.92 Å². The second kappa shape index (κ2) is 3.95. The maximum absolute atomic E-state index is 11.7. The van der Waals surface area contributed by atoms with Gasteiger partial charge in [-0.1, -0.05) is 0 Å². The van der Waals surface area contributed by atoms with Gasteiger partial charge in [0, 0.05) is 17.7 Å². The number of amides is 1. The van der Waals surface area contributed by atoms with Crippen LogP contribution >= 0.6 is 0 Å². The van der Waals surface area contributed by atoms with Crippen LogP contribution in [0.2, 0.25) is 0 Å². The fraction of sp³-hybridized carbons (Fsp3) is 0.462. The lowest BCUT2D eigenvalue weighted by molar-refractivity contribution is -0.117. The quantitative estimate of drug-likeness (QED) is 0.851. The Morgan fingerprint density at radius 3 is 2.53 bits per heavy atom. The molecule has 0 bridgehead atoms. The Bertz CT molecular complexity index is 466. The van der Waals surface area contributed by atoms with Crippen LogP contribution in [0.15, 0.2) is 12.1 Å². The molecule has 1 amide bonds. The lowest BCUT2D eigenvalue weighted by atomic mass is 10.1. The number of hydrogen-bond donors (Lipinski definition) is 1. The van der Waals surface area contributed by atoms with Crippen molar-refractivity contribution in [3.05, 3.63) is 17.7 Å². The van der Waals surface area contributed by atoms with Crippen molar-refractivity contribution in [3.8, 4) is 11.5 Å². The van der Waals surface area contributed by atoms with Crippen molar-refractivity contribution < 1.29 is 14.3 Å². The molecule has 1 aromatic carbocycles. The third kappa shape index (κ3) is 2.07. The summed E-state index contributed by atoms with van der Waals surface area (Å²) in [6, 6.07) is 3.76. The van der Waals surface area contributed by atoms with Crippen LogP contribution in [0, 0.1) is 12.8 Å². The van der Waals surface area contributed by atoms with Gasteiger partial charge in [0.2, 0.25) is 5.91 Å². The van der Waals surface area contributed by atoms with E-state index in [2.05, 4.69) is 5.32 Å². The Morgan fingerprint density at radius 2 is 1.88 bits per heavy atom. The molecule has 0 spiro atoms. The summed E-state index contributed by atoms with van der Waals surface area (Å²) < 4.78 is 11.0. The number of rotatable bonds is 2. The minimum absolute atomic E-state index is 0.116. The van der Waals surface area contributed by atoms with Crippen LogP contribution in [0.1, 0.15) is 18.4 Å². The summed E-state index contributed by atoms with van der Waals surface area (Å²) >= 11 is 0. The van der Waals surface area contributed by atoms with E-state index in [1.165, 1.54) is 0 Å². The average molecular weight is 233 g/mol. The molecule has 1 N–H and O–H groups in total. The molecule has 0 radical (unpaired) electrons. The molecule has 17 heavy (non-hydrogen) atoms. The highest BCUT2D eigenvalue weighted by Crippen LogP contribution is 2.36. The molecule has 1 fully saturated rings. The molecule has 0 aromatic heterocycles. The van der Waals surface area contributed by atoms with Gasteiger partial charge in [-0.25, -0.2) is 0 Å². The maximum Gasteiger partial charge on any atom is 0.227 e. The SMILES string of the molecule is Cc1cc2c(cc1NC(=O)C1CC1)OCCO2. The number of carbonyl (C=O) groups excluding carboxylic acids is 1. The largest absolute Gasteiger partial charge is 0.486 e. The highest BCUT2D eigenvalue weighted by atomic mass is 16.6. The minimum atomic E-state index is 0.116. The second-order valence-corrected chi connectivity index (χ2v) is 4.57. The molecule has 4 heteroatoms. The maximum atomic E-state index is 11.7. The fourth-order valence-electron chi connectivity index (χ4n) is 1.91. The Kier molecular flexibility index (Phi) is 2.42. The number of aryl methyl sites for hydroxylation is 1. The molecule has 0 saturated heterocycles. The summed E-state index contributed by atoms with van der Waals surface area (Å²) in [5.74, 6) is 1.80. The van der Waals surface area contributed by atoms with Crippen LogP contribution in [-0.2, 0) is 4.79 Å². The molecule has 2 aliphatic rings. The van der Waals surface area contributed by atoms with Gasteiger partial charge in [-0.05, 0) is 31.4 Å². The van der Waals surface area contributed by atoms with E-state index in [-0.39, 0.29) is 11.8 Å². The summed E-state index contributed by atoms with van der Waals surface area (Å²) in [6.45, 7) is 3.10. The zero-order valence-electron chi connectivity index (χ0n) is 9.79. The van der Waals surface area contributed by atoms with Crippen LogP contribution in [0.25, 0.3) is 0 Å². The molecule has 0 unspecified atom stereocenters. The van der Waals surface area contributed by atoms with Crippen molar-refractivity contribution >= 4 is 11.6 Å². The number of benzene rings is 1. The molecule has 1 aromatic rings.